The number of aryl methyl sites for hydroxylation is 1. The van der Waals surface area contributed by atoms with Gasteiger partial charge in [-0.1, -0.05) is 0 Å². The van der Waals surface area contributed by atoms with Gasteiger partial charge in [0, 0.05) is 33.1 Å². The lowest BCUT2D eigenvalue weighted by atomic mass is 10.3. The second-order valence-electron chi connectivity index (χ2n) is 4.40. The number of amides is 1. The van der Waals surface area contributed by atoms with E-state index in [0.29, 0.717) is 5.52 Å². The highest BCUT2D eigenvalue weighted by Crippen LogP contribution is 2.19. The second kappa shape index (κ2) is 5.08. The largest absolute Gasteiger partial charge is 0.349 e. The summed E-state index contributed by atoms with van der Waals surface area (Å²) in [5.41, 5.74) is 0.484. The van der Waals surface area contributed by atoms with Crippen LogP contribution in [0.3, 0.4) is 0 Å². The predicted molar refractivity (Wildman–Crippen MR) is 70.3 cm³/mol. The molecule has 102 valence electrons. The summed E-state index contributed by atoms with van der Waals surface area (Å²) in [5, 5.41) is 0. The maximum Gasteiger partial charge on any atom is 0.223 e. The van der Waals surface area contributed by atoms with Gasteiger partial charge in [0.1, 0.15) is 11.3 Å². The molecule has 0 bridgehead atoms. The van der Waals surface area contributed by atoms with Crippen LogP contribution in [-0.4, -0.2) is 34.5 Å². The van der Waals surface area contributed by atoms with Crippen LogP contribution in [0.1, 0.15) is 6.42 Å². The molecule has 1 N–H and O–H groups in total. The van der Waals surface area contributed by atoms with Crippen molar-refractivity contribution in [2.75, 3.05) is 14.1 Å². The molecule has 1 aromatic heterocycles. The Bertz CT molecular complexity index is 690. The summed E-state index contributed by atoms with van der Waals surface area (Å²) in [6, 6.07) is 1.99. The minimum Gasteiger partial charge on any atom is -0.349 e. The van der Waals surface area contributed by atoms with E-state index in [4.69, 9.17) is 12.2 Å². The molecule has 0 aliphatic rings. The molecule has 0 radical (unpaired) electrons. The van der Waals surface area contributed by atoms with Gasteiger partial charge in [-0.3, -0.25) is 4.79 Å². The Balaban J connectivity index is 2.41. The standard InChI is InChI=1S/C12H13F2N3OS/c1-16(2)10(18)3-4-17-9-6-7(13)5-8(14)11(9)15-12(17)19/h5-6H,3-4H2,1-2H3,(H,15,19). The monoisotopic (exact) mass is 285 g/mol. The first-order chi connectivity index (χ1) is 8.90. The fourth-order valence-electron chi connectivity index (χ4n) is 1.83. The van der Waals surface area contributed by atoms with Gasteiger partial charge >= 0.3 is 0 Å². The van der Waals surface area contributed by atoms with Crippen LogP contribution in [0.4, 0.5) is 8.78 Å². The molecule has 4 nitrogen and oxygen atoms in total. The van der Waals surface area contributed by atoms with Crippen molar-refractivity contribution in [3.8, 4) is 0 Å². The van der Waals surface area contributed by atoms with Crippen molar-refractivity contribution in [2.45, 2.75) is 13.0 Å². The number of carbonyl (C=O) groups excluding carboxylic acids is 1. The number of hydrogen-bond donors (Lipinski definition) is 1. The summed E-state index contributed by atoms with van der Waals surface area (Å²) in [6.45, 7) is 0.277. The highest BCUT2D eigenvalue weighted by atomic mass is 32.1. The third-order valence-corrected chi connectivity index (χ3v) is 3.17. The molecule has 2 rings (SSSR count). The first-order valence-electron chi connectivity index (χ1n) is 5.68. The van der Waals surface area contributed by atoms with Gasteiger partial charge in [-0.2, -0.15) is 0 Å². The van der Waals surface area contributed by atoms with Gasteiger partial charge in [-0.05, 0) is 18.3 Å². The number of nitrogens with one attached hydrogen (secondary N) is 1. The highest BCUT2D eigenvalue weighted by molar-refractivity contribution is 7.71. The molecule has 0 unspecified atom stereocenters. The molecule has 1 aromatic carbocycles. The van der Waals surface area contributed by atoms with Crippen molar-refractivity contribution >= 4 is 29.2 Å². The molecule has 19 heavy (non-hydrogen) atoms. The van der Waals surface area contributed by atoms with E-state index in [9.17, 15) is 13.6 Å². The zero-order valence-corrected chi connectivity index (χ0v) is 11.4. The molecule has 0 aliphatic heterocycles. The minimum absolute atomic E-state index is 0.0758. The number of imidazole rings is 1. The number of aromatic amines is 1. The molecule has 0 spiro atoms. The van der Waals surface area contributed by atoms with Gasteiger partial charge in [-0.15, -0.1) is 0 Å². The van der Waals surface area contributed by atoms with Crippen LogP contribution in [0, 0.1) is 16.4 Å². The van der Waals surface area contributed by atoms with E-state index < -0.39 is 11.6 Å². The van der Waals surface area contributed by atoms with Gasteiger partial charge in [0.2, 0.25) is 5.91 Å². The van der Waals surface area contributed by atoms with Crippen LogP contribution < -0.4 is 0 Å². The summed E-state index contributed by atoms with van der Waals surface area (Å²) < 4.78 is 28.6. The summed E-state index contributed by atoms with van der Waals surface area (Å²) in [5.74, 6) is -1.45. The maximum atomic E-state index is 13.6. The number of rotatable bonds is 3. The lowest BCUT2D eigenvalue weighted by Crippen LogP contribution is -2.22. The molecule has 0 aliphatic carbocycles. The van der Waals surface area contributed by atoms with E-state index in [0.717, 1.165) is 6.07 Å². The first kappa shape index (κ1) is 13.7. The third kappa shape index (κ3) is 2.65. The van der Waals surface area contributed by atoms with Crippen molar-refractivity contribution in [1.82, 2.24) is 14.5 Å². The molecule has 0 saturated heterocycles. The Kier molecular flexibility index (Phi) is 3.66. The van der Waals surface area contributed by atoms with Crippen molar-refractivity contribution < 1.29 is 13.6 Å². The Hall–Kier alpha value is -1.76. The number of H-pyrrole nitrogens is 1. The van der Waals surface area contributed by atoms with E-state index in [1.807, 2.05) is 0 Å². The summed E-state index contributed by atoms with van der Waals surface area (Å²) in [4.78, 5) is 15.7. The van der Waals surface area contributed by atoms with Crippen molar-refractivity contribution in [2.24, 2.45) is 0 Å². The number of nitrogens with zero attached hydrogens (tertiary/aromatic N) is 2. The maximum absolute atomic E-state index is 13.6. The topological polar surface area (TPSA) is 41.0 Å². The Morgan fingerprint density at radius 3 is 2.74 bits per heavy atom. The molecule has 0 saturated carbocycles. The minimum atomic E-state index is -0.696. The SMILES string of the molecule is CN(C)C(=O)CCn1c(=S)[nH]c2c(F)cc(F)cc21. The fourth-order valence-corrected chi connectivity index (χ4v) is 2.13. The van der Waals surface area contributed by atoms with Crippen molar-refractivity contribution in [3.05, 3.63) is 28.5 Å². The van der Waals surface area contributed by atoms with E-state index in [1.165, 1.54) is 15.5 Å². The van der Waals surface area contributed by atoms with Gasteiger partial charge in [-0.25, -0.2) is 8.78 Å². The molecule has 2 aromatic rings. The van der Waals surface area contributed by atoms with Gasteiger partial charge in [0.15, 0.2) is 10.6 Å². The van der Waals surface area contributed by atoms with Crippen molar-refractivity contribution in [3.63, 3.8) is 0 Å². The number of benzene rings is 1. The van der Waals surface area contributed by atoms with Crippen LogP contribution in [-0.2, 0) is 11.3 Å². The van der Waals surface area contributed by atoms with Crippen LogP contribution >= 0.6 is 12.2 Å². The highest BCUT2D eigenvalue weighted by Gasteiger charge is 2.12. The summed E-state index contributed by atoms with van der Waals surface area (Å²) >= 11 is 5.07. The average molecular weight is 285 g/mol. The molecule has 0 atom stereocenters. The van der Waals surface area contributed by atoms with Crippen LogP contribution in [0.2, 0.25) is 0 Å². The van der Waals surface area contributed by atoms with Crippen LogP contribution in [0.5, 0.6) is 0 Å². The van der Waals surface area contributed by atoms with E-state index in [1.54, 1.807) is 14.1 Å². The molecule has 1 heterocycles. The Morgan fingerprint density at radius 2 is 2.11 bits per heavy atom. The molecular weight excluding hydrogens is 272 g/mol. The van der Waals surface area contributed by atoms with Gasteiger partial charge in [0.25, 0.3) is 0 Å². The number of hydrogen-bond acceptors (Lipinski definition) is 2. The molecule has 0 fully saturated rings. The number of halogens is 2. The van der Waals surface area contributed by atoms with Crippen LogP contribution in [0.15, 0.2) is 12.1 Å². The van der Waals surface area contributed by atoms with E-state index in [-0.39, 0.29) is 29.2 Å². The Labute approximate surface area is 113 Å². The average Bonchev–Trinajstić information content (AvgIpc) is 2.63. The number of aromatic nitrogens is 2. The number of carbonyl (C=O) groups is 1. The first-order valence-corrected chi connectivity index (χ1v) is 6.08. The Morgan fingerprint density at radius 1 is 1.42 bits per heavy atom. The van der Waals surface area contributed by atoms with Gasteiger partial charge in [0.05, 0.1) is 5.52 Å². The lowest BCUT2D eigenvalue weighted by Gasteiger charge is -2.10. The zero-order chi connectivity index (χ0) is 14.2. The lowest BCUT2D eigenvalue weighted by molar-refractivity contribution is -0.128. The molecular formula is C12H13F2N3OS. The molecule has 7 heteroatoms. The smallest absolute Gasteiger partial charge is 0.223 e. The quantitative estimate of drug-likeness (QED) is 0.880. The predicted octanol–water partition coefficient (Wildman–Crippen LogP) is 2.46. The van der Waals surface area contributed by atoms with E-state index in [2.05, 4.69) is 4.98 Å². The summed E-state index contributed by atoms with van der Waals surface area (Å²) in [6.07, 6.45) is 0.215. The summed E-state index contributed by atoms with van der Waals surface area (Å²) in [7, 11) is 3.30. The fraction of sp³-hybridized carbons (Fsp3) is 0.333. The normalized spacial score (nSPS) is 10.9. The number of fused-ring (bicyclic) bond motifs is 1. The zero-order valence-electron chi connectivity index (χ0n) is 10.5. The molecule has 1 amide bonds. The second-order valence-corrected chi connectivity index (χ2v) is 4.79. The third-order valence-electron chi connectivity index (χ3n) is 2.85. The van der Waals surface area contributed by atoms with Crippen molar-refractivity contribution in [1.29, 1.82) is 0 Å². The van der Waals surface area contributed by atoms with E-state index >= 15 is 0 Å². The van der Waals surface area contributed by atoms with Crippen LogP contribution in [0.25, 0.3) is 11.0 Å². The van der Waals surface area contributed by atoms with Gasteiger partial charge < -0.3 is 14.5 Å².